The number of ether oxygens (including phenoxy) is 2. The van der Waals surface area contributed by atoms with E-state index < -0.39 is 0 Å². The average Bonchev–Trinajstić information content (AvgIpc) is 3.44. The van der Waals surface area contributed by atoms with Crippen LogP contribution in [-0.4, -0.2) is 32.9 Å². The van der Waals surface area contributed by atoms with Crippen LogP contribution in [0.4, 0.5) is 0 Å². The summed E-state index contributed by atoms with van der Waals surface area (Å²) in [6.07, 6.45) is 1.85. The van der Waals surface area contributed by atoms with Crippen molar-refractivity contribution in [3.8, 4) is 17.2 Å². The zero-order chi connectivity index (χ0) is 22.4. The molecule has 2 aromatic heterocycles. The lowest BCUT2D eigenvalue weighted by Crippen LogP contribution is -2.33. The number of hydrogen-bond donors (Lipinski definition) is 1. The standard InChI is InChI=1S/C25H28N4O2S/c1-15(2)13-28-24(23(27-25(28)32)20-7-5-6-10-26-20)19-11-16(3)29(17(19)4)18-8-9-21-22(12-18)31-14-30-21/h5-12,15,23-24H,13-14H2,1-4H3,(H,27,32)/t23-,24+/m0/s1. The maximum absolute atomic E-state index is 5.79. The maximum atomic E-state index is 5.79. The molecule has 0 saturated carbocycles. The second-order valence-electron chi connectivity index (χ2n) is 8.87. The molecule has 2 aliphatic rings. The van der Waals surface area contributed by atoms with Gasteiger partial charge in [-0.05, 0) is 67.9 Å². The number of benzene rings is 1. The van der Waals surface area contributed by atoms with Gasteiger partial charge in [0.2, 0.25) is 6.79 Å². The van der Waals surface area contributed by atoms with Crippen molar-refractivity contribution in [3.05, 3.63) is 71.3 Å². The van der Waals surface area contributed by atoms with Gasteiger partial charge in [-0.3, -0.25) is 4.98 Å². The van der Waals surface area contributed by atoms with Gasteiger partial charge in [0, 0.05) is 35.9 Å². The number of nitrogens with one attached hydrogen (secondary N) is 1. The van der Waals surface area contributed by atoms with E-state index in [4.69, 9.17) is 21.7 Å². The lowest BCUT2D eigenvalue weighted by Gasteiger charge is -2.29. The Morgan fingerprint density at radius 3 is 2.69 bits per heavy atom. The Balaban J connectivity index is 1.61. The molecule has 2 atom stereocenters. The van der Waals surface area contributed by atoms with Gasteiger partial charge in [0.1, 0.15) is 0 Å². The summed E-state index contributed by atoms with van der Waals surface area (Å²) in [5.74, 6) is 2.06. The first-order valence-electron chi connectivity index (χ1n) is 11.0. The van der Waals surface area contributed by atoms with Crippen LogP contribution in [0.1, 0.15) is 48.6 Å². The van der Waals surface area contributed by atoms with Crippen LogP contribution < -0.4 is 14.8 Å². The molecule has 0 bridgehead atoms. The monoisotopic (exact) mass is 448 g/mol. The minimum Gasteiger partial charge on any atom is -0.454 e. The molecule has 6 nitrogen and oxygen atoms in total. The molecule has 5 rings (SSSR count). The maximum Gasteiger partial charge on any atom is 0.231 e. The minimum atomic E-state index is -0.00634. The van der Waals surface area contributed by atoms with Gasteiger partial charge in [-0.15, -0.1) is 0 Å². The predicted octanol–water partition coefficient (Wildman–Crippen LogP) is 4.85. The zero-order valence-electron chi connectivity index (χ0n) is 18.8. The van der Waals surface area contributed by atoms with E-state index >= 15 is 0 Å². The SMILES string of the molecule is Cc1cc([C@@H]2[C@H](c3ccccn3)NC(=S)N2CC(C)C)c(C)n1-c1ccc2c(c1)OCO2. The zero-order valence-corrected chi connectivity index (χ0v) is 19.6. The Kier molecular flexibility index (Phi) is 5.29. The smallest absolute Gasteiger partial charge is 0.231 e. The molecule has 1 N–H and O–H groups in total. The molecule has 1 aromatic carbocycles. The Hall–Kier alpha value is -3.06. The van der Waals surface area contributed by atoms with Crippen LogP contribution in [0.15, 0.2) is 48.7 Å². The van der Waals surface area contributed by atoms with E-state index in [9.17, 15) is 0 Å². The second kappa shape index (κ2) is 8.13. The molecule has 166 valence electrons. The van der Waals surface area contributed by atoms with E-state index in [-0.39, 0.29) is 18.9 Å². The summed E-state index contributed by atoms with van der Waals surface area (Å²) in [5.41, 5.74) is 5.67. The summed E-state index contributed by atoms with van der Waals surface area (Å²) < 4.78 is 13.4. The molecule has 0 spiro atoms. The quantitative estimate of drug-likeness (QED) is 0.564. The molecular formula is C25H28N4O2S. The molecule has 0 radical (unpaired) electrons. The molecule has 7 heteroatoms. The number of hydrogen-bond acceptors (Lipinski definition) is 4. The third-order valence-electron chi connectivity index (χ3n) is 6.16. The topological polar surface area (TPSA) is 51.6 Å². The van der Waals surface area contributed by atoms with Gasteiger partial charge < -0.3 is 24.3 Å². The highest BCUT2D eigenvalue weighted by molar-refractivity contribution is 7.80. The molecule has 4 heterocycles. The van der Waals surface area contributed by atoms with E-state index in [1.807, 2.05) is 30.5 Å². The highest BCUT2D eigenvalue weighted by atomic mass is 32.1. The molecular weight excluding hydrogens is 420 g/mol. The van der Waals surface area contributed by atoms with Crippen LogP contribution in [0.2, 0.25) is 0 Å². The molecule has 1 fully saturated rings. The fourth-order valence-corrected chi connectivity index (χ4v) is 5.16. The molecule has 0 amide bonds. The largest absolute Gasteiger partial charge is 0.454 e. The Morgan fingerprint density at radius 1 is 1.12 bits per heavy atom. The Morgan fingerprint density at radius 2 is 1.94 bits per heavy atom. The van der Waals surface area contributed by atoms with Crippen LogP contribution in [0.5, 0.6) is 11.5 Å². The van der Waals surface area contributed by atoms with Crippen molar-refractivity contribution in [3.63, 3.8) is 0 Å². The number of pyridine rings is 1. The van der Waals surface area contributed by atoms with Crippen LogP contribution in [-0.2, 0) is 0 Å². The third kappa shape index (κ3) is 3.50. The number of rotatable bonds is 5. The molecule has 1 saturated heterocycles. The molecule has 32 heavy (non-hydrogen) atoms. The highest BCUT2D eigenvalue weighted by Gasteiger charge is 2.41. The first-order valence-corrected chi connectivity index (χ1v) is 11.4. The summed E-state index contributed by atoms with van der Waals surface area (Å²) in [5, 5.41) is 4.34. The van der Waals surface area contributed by atoms with E-state index in [2.05, 4.69) is 65.7 Å². The van der Waals surface area contributed by atoms with Gasteiger partial charge in [0.25, 0.3) is 0 Å². The Bertz CT molecular complexity index is 1160. The summed E-state index contributed by atoms with van der Waals surface area (Å²) in [4.78, 5) is 6.98. The van der Waals surface area contributed by atoms with E-state index in [0.717, 1.165) is 34.5 Å². The average molecular weight is 449 g/mol. The molecule has 0 unspecified atom stereocenters. The van der Waals surface area contributed by atoms with Crippen molar-refractivity contribution in [2.45, 2.75) is 39.8 Å². The van der Waals surface area contributed by atoms with Crippen molar-refractivity contribution in [1.29, 1.82) is 0 Å². The predicted molar refractivity (Wildman–Crippen MR) is 128 cm³/mol. The van der Waals surface area contributed by atoms with Gasteiger partial charge in [-0.1, -0.05) is 19.9 Å². The molecule has 2 aliphatic heterocycles. The number of fused-ring (bicyclic) bond motifs is 1. The van der Waals surface area contributed by atoms with E-state index in [1.54, 1.807) is 0 Å². The van der Waals surface area contributed by atoms with E-state index in [0.29, 0.717) is 5.92 Å². The van der Waals surface area contributed by atoms with Crippen molar-refractivity contribution in [1.82, 2.24) is 19.8 Å². The third-order valence-corrected chi connectivity index (χ3v) is 6.52. The number of nitrogens with zero attached hydrogens (tertiary/aromatic N) is 3. The van der Waals surface area contributed by atoms with Gasteiger partial charge in [0.15, 0.2) is 16.6 Å². The fraction of sp³-hybridized carbons (Fsp3) is 0.360. The lowest BCUT2D eigenvalue weighted by molar-refractivity contribution is 0.174. The number of thiocarbonyl (C=S) groups is 1. The van der Waals surface area contributed by atoms with Gasteiger partial charge >= 0.3 is 0 Å². The Labute approximate surface area is 194 Å². The highest BCUT2D eigenvalue weighted by Crippen LogP contribution is 2.42. The van der Waals surface area contributed by atoms with Gasteiger partial charge in [-0.25, -0.2) is 0 Å². The van der Waals surface area contributed by atoms with Gasteiger partial charge in [0.05, 0.1) is 17.8 Å². The van der Waals surface area contributed by atoms with Crippen LogP contribution >= 0.6 is 12.2 Å². The minimum absolute atomic E-state index is 0.00634. The second-order valence-corrected chi connectivity index (χ2v) is 9.26. The summed E-state index contributed by atoms with van der Waals surface area (Å²) in [6, 6.07) is 14.5. The first kappa shape index (κ1) is 20.8. The summed E-state index contributed by atoms with van der Waals surface area (Å²) in [6.45, 7) is 9.93. The fourth-order valence-electron chi connectivity index (χ4n) is 4.84. The normalized spacial score (nSPS) is 19.7. The van der Waals surface area contributed by atoms with Crippen molar-refractivity contribution in [2.75, 3.05) is 13.3 Å². The van der Waals surface area contributed by atoms with Crippen molar-refractivity contribution < 1.29 is 9.47 Å². The summed E-state index contributed by atoms with van der Waals surface area (Å²) in [7, 11) is 0. The summed E-state index contributed by atoms with van der Waals surface area (Å²) >= 11 is 5.79. The van der Waals surface area contributed by atoms with Crippen LogP contribution in [0.25, 0.3) is 5.69 Å². The van der Waals surface area contributed by atoms with Gasteiger partial charge in [-0.2, -0.15) is 0 Å². The number of aryl methyl sites for hydroxylation is 1. The molecule has 3 aromatic rings. The van der Waals surface area contributed by atoms with Crippen molar-refractivity contribution >= 4 is 17.3 Å². The number of aromatic nitrogens is 2. The van der Waals surface area contributed by atoms with Crippen LogP contribution in [0.3, 0.4) is 0 Å². The first-order chi connectivity index (χ1) is 15.4. The lowest BCUT2D eigenvalue weighted by atomic mass is 9.96. The molecule has 0 aliphatic carbocycles. The van der Waals surface area contributed by atoms with Crippen molar-refractivity contribution in [2.24, 2.45) is 5.92 Å². The van der Waals surface area contributed by atoms with E-state index in [1.165, 1.54) is 17.0 Å². The van der Waals surface area contributed by atoms with Crippen LogP contribution in [0, 0.1) is 19.8 Å².